The second kappa shape index (κ2) is 10.4. The molecule has 0 aliphatic carbocycles. The number of hydrogen-bond acceptors (Lipinski definition) is 8. The van der Waals surface area contributed by atoms with Gasteiger partial charge in [0.05, 0.1) is 26.8 Å². The molecule has 0 bridgehead atoms. The van der Waals surface area contributed by atoms with Crippen molar-refractivity contribution < 1.29 is 23.7 Å². The van der Waals surface area contributed by atoms with Crippen LogP contribution in [0.4, 0.5) is 0 Å². The maximum absolute atomic E-state index is 12.9. The van der Waals surface area contributed by atoms with E-state index in [0.29, 0.717) is 22.8 Å². The summed E-state index contributed by atoms with van der Waals surface area (Å²) in [6.07, 6.45) is 1.72. The molecule has 0 spiro atoms. The molecule has 7 nitrogen and oxygen atoms in total. The van der Waals surface area contributed by atoms with Crippen LogP contribution in [0.2, 0.25) is 0 Å². The summed E-state index contributed by atoms with van der Waals surface area (Å²) in [5, 5.41) is 1.74. The van der Waals surface area contributed by atoms with Gasteiger partial charge in [-0.25, -0.2) is 14.8 Å². The second-order valence-corrected chi connectivity index (χ2v) is 9.26. The lowest BCUT2D eigenvalue weighted by atomic mass is 10.1. The van der Waals surface area contributed by atoms with Gasteiger partial charge in [0.1, 0.15) is 5.03 Å². The van der Waals surface area contributed by atoms with E-state index in [-0.39, 0.29) is 11.6 Å². The van der Waals surface area contributed by atoms with Crippen LogP contribution in [0, 0.1) is 6.92 Å². The maximum Gasteiger partial charge on any atom is 0.363 e. The van der Waals surface area contributed by atoms with Crippen LogP contribution in [-0.2, 0) is 9.53 Å². The Morgan fingerprint density at radius 2 is 1.62 bits per heavy atom. The van der Waals surface area contributed by atoms with E-state index >= 15 is 0 Å². The molecule has 37 heavy (non-hydrogen) atoms. The molecule has 1 aliphatic heterocycles. The fourth-order valence-corrected chi connectivity index (χ4v) is 4.91. The zero-order valence-corrected chi connectivity index (χ0v) is 21.6. The van der Waals surface area contributed by atoms with E-state index in [1.54, 1.807) is 18.2 Å². The Bertz CT molecular complexity index is 1540. The van der Waals surface area contributed by atoms with E-state index in [4.69, 9.17) is 23.9 Å². The summed E-state index contributed by atoms with van der Waals surface area (Å²) >= 11 is 1.53. The molecule has 0 N–H and O–H groups in total. The molecule has 186 valence electrons. The smallest absolute Gasteiger partial charge is 0.363 e. The number of aryl methyl sites for hydroxylation is 1. The SMILES string of the molecule is COc1cc(C2=N/C(=C/c3cc4cccc(C)c4nc3Sc3ccccc3)C(=O)O2)cc(OC)c1OC. The third kappa shape index (κ3) is 4.88. The molecular weight excluding hydrogens is 488 g/mol. The van der Waals surface area contributed by atoms with Gasteiger partial charge in [-0.05, 0) is 48.9 Å². The third-order valence-electron chi connectivity index (χ3n) is 5.82. The van der Waals surface area contributed by atoms with Gasteiger partial charge in [0, 0.05) is 21.4 Å². The zero-order valence-electron chi connectivity index (χ0n) is 20.8. The Kier molecular flexibility index (Phi) is 6.83. The number of pyridine rings is 1. The number of nitrogens with zero attached hydrogens (tertiary/aromatic N) is 2. The van der Waals surface area contributed by atoms with Crippen molar-refractivity contribution in [2.75, 3.05) is 21.3 Å². The van der Waals surface area contributed by atoms with E-state index in [0.717, 1.165) is 32.0 Å². The number of carbonyl (C=O) groups is 1. The van der Waals surface area contributed by atoms with Gasteiger partial charge >= 0.3 is 5.97 Å². The van der Waals surface area contributed by atoms with Gasteiger partial charge in [0.25, 0.3) is 0 Å². The molecule has 1 aromatic heterocycles. The molecule has 0 fully saturated rings. The number of para-hydroxylation sites is 1. The molecule has 0 amide bonds. The average Bonchev–Trinajstić information content (AvgIpc) is 3.29. The molecule has 3 aromatic carbocycles. The minimum absolute atomic E-state index is 0.150. The van der Waals surface area contributed by atoms with Crippen LogP contribution in [0.5, 0.6) is 17.2 Å². The van der Waals surface area contributed by atoms with E-state index in [1.807, 2.05) is 61.5 Å². The summed E-state index contributed by atoms with van der Waals surface area (Å²) in [5.41, 5.74) is 3.46. The number of esters is 1. The Labute approximate surface area is 218 Å². The molecular formula is C29H24N2O5S. The number of fused-ring (bicyclic) bond motifs is 1. The fourth-order valence-electron chi connectivity index (χ4n) is 4.02. The lowest BCUT2D eigenvalue weighted by Gasteiger charge is -2.13. The predicted molar refractivity (Wildman–Crippen MR) is 144 cm³/mol. The minimum atomic E-state index is -0.552. The lowest BCUT2D eigenvalue weighted by Crippen LogP contribution is -2.07. The first kappa shape index (κ1) is 24.4. The number of carbonyl (C=O) groups excluding carboxylic acids is 1. The van der Waals surface area contributed by atoms with Gasteiger partial charge in [-0.15, -0.1) is 0 Å². The standard InChI is InChI=1S/C29H24N2O5S/c1-17-9-8-10-18-13-20(28(31-25(17)18)37-21-11-6-5-7-12-21)14-22-29(32)36-27(30-22)19-15-23(33-2)26(35-4)24(16-19)34-3/h5-16H,1-4H3/b22-14+. The van der Waals surface area contributed by atoms with E-state index < -0.39 is 5.97 Å². The maximum atomic E-state index is 12.9. The van der Waals surface area contributed by atoms with Crippen molar-refractivity contribution in [3.8, 4) is 17.2 Å². The Morgan fingerprint density at radius 3 is 2.30 bits per heavy atom. The van der Waals surface area contributed by atoms with Gasteiger partial charge < -0.3 is 18.9 Å². The largest absolute Gasteiger partial charge is 0.493 e. The topological polar surface area (TPSA) is 79.2 Å². The van der Waals surface area contributed by atoms with Gasteiger partial charge in [-0.3, -0.25) is 0 Å². The number of methoxy groups -OCH3 is 3. The first-order valence-electron chi connectivity index (χ1n) is 11.5. The van der Waals surface area contributed by atoms with Crippen LogP contribution in [0.1, 0.15) is 16.7 Å². The highest BCUT2D eigenvalue weighted by atomic mass is 32.2. The predicted octanol–water partition coefficient (Wildman–Crippen LogP) is 6.06. The highest BCUT2D eigenvalue weighted by molar-refractivity contribution is 7.99. The molecule has 0 saturated heterocycles. The molecule has 0 atom stereocenters. The summed E-state index contributed by atoms with van der Waals surface area (Å²) in [6, 6.07) is 21.4. The summed E-state index contributed by atoms with van der Waals surface area (Å²) in [7, 11) is 4.57. The van der Waals surface area contributed by atoms with Crippen LogP contribution < -0.4 is 14.2 Å². The highest BCUT2D eigenvalue weighted by Gasteiger charge is 2.27. The Balaban J connectivity index is 1.60. The van der Waals surface area contributed by atoms with Crippen molar-refractivity contribution in [2.45, 2.75) is 16.8 Å². The van der Waals surface area contributed by atoms with E-state index in [1.165, 1.54) is 33.1 Å². The molecule has 2 heterocycles. The van der Waals surface area contributed by atoms with Crippen LogP contribution in [0.25, 0.3) is 17.0 Å². The minimum Gasteiger partial charge on any atom is -0.493 e. The average molecular weight is 513 g/mol. The molecule has 0 saturated carbocycles. The fraction of sp³-hybridized carbons (Fsp3) is 0.138. The number of rotatable bonds is 7. The Morgan fingerprint density at radius 1 is 0.892 bits per heavy atom. The quantitative estimate of drug-likeness (QED) is 0.220. The number of ether oxygens (including phenoxy) is 4. The first-order chi connectivity index (χ1) is 18.0. The number of hydrogen-bond donors (Lipinski definition) is 0. The van der Waals surface area contributed by atoms with Crippen molar-refractivity contribution in [3.05, 3.63) is 89.1 Å². The molecule has 8 heteroatoms. The third-order valence-corrected chi connectivity index (χ3v) is 6.85. The summed E-state index contributed by atoms with van der Waals surface area (Å²) in [4.78, 5) is 23.4. The van der Waals surface area contributed by atoms with E-state index in [9.17, 15) is 4.79 Å². The monoisotopic (exact) mass is 512 g/mol. The Hall–Kier alpha value is -4.30. The molecule has 0 radical (unpaired) electrons. The van der Waals surface area contributed by atoms with Crippen LogP contribution in [0.3, 0.4) is 0 Å². The van der Waals surface area contributed by atoms with E-state index in [2.05, 4.69) is 4.99 Å². The van der Waals surface area contributed by atoms with Gasteiger partial charge in [-0.2, -0.15) is 0 Å². The summed E-state index contributed by atoms with van der Waals surface area (Å²) in [6.45, 7) is 2.03. The van der Waals surface area contributed by atoms with Crippen molar-refractivity contribution in [3.63, 3.8) is 0 Å². The zero-order chi connectivity index (χ0) is 25.9. The van der Waals surface area contributed by atoms with Crippen LogP contribution in [-0.4, -0.2) is 38.2 Å². The van der Waals surface area contributed by atoms with Crippen molar-refractivity contribution in [2.24, 2.45) is 4.99 Å². The van der Waals surface area contributed by atoms with Gasteiger partial charge in [0.2, 0.25) is 11.6 Å². The molecule has 4 aromatic rings. The normalized spacial score (nSPS) is 14.0. The summed E-state index contributed by atoms with van der Waals surface area (Å²) < 4.78 is 21.8. The number of benzene rings is 3. The first-order valence-corrected chi connectivity index (χ1v) is 12.3. The van der Waals surface area contributed by atoms with Crippen molar-refractivity contribution in [1.29, 1.82) is 0 Å². The lowest BCUT2D eigenvalue weighted by molar-refractivity contribution is -0.129. The van der Waals surface area contributed by atoms with Gasteiger partial charge in [-0.1, -0.05) is 48.2 Å². The molecule has 0 unspecified atom stereocenters. The van der Waals surface area contributed by atoms with Crippen LogP contribution >= 0.6 is 11.8 Å². The van der Waals surface area contributed by atoms with Crippen molar-refractivity contribution in [1.82, 2.24) is 4.98 Å². The highest BCUT2D eigenvalue weighted by Crippen LogP contribution is 2.39. The van der Waals surface area contributed by atoms with Gasteiger partial charge in [0.15, 0.2) is 17.2 Å². The van der Waals surface area contributed by atoms with Crippen molar-refractivity contribution >= 4 is 40.6 Å². The number of aromatic nitrogens is 1. The van der Waals surface area contributed by atoms with Crippen LogP contribution in [0.15, 0.2) is 87.3 Å². The molecule has 1 aliphatic rings. The number of cyclic esters (lactones) is 1. The second-order valence-electron chi connectivity index (χ2n) is 8.19. The summed E-state index contributed by atoms with van der Waals surface area (Å²) in [5.74, 6) is 0.906. The number of aliphatic imine (C=N–C) groups is 1. The molecule has 5 rings (SSSR count).